The van der Waals surface area contributed by atoms with Gasteiger partial charge in [0.05, 0.1) is 7.11 Å². The summed E-state index contributed by atoms with van der Waals surface area (Å²) in [4.78, 5) is 8.59. The fraction of sp³-hybridized carbons (Fsp3) is 0.571. The van der Waals surface area contributed by atoms with Gasteiger partial charge in [-0.05, 0) is 68.2 Å². The number of nitrogens with zero attached hydrogens (tertiary/aromatic N) is 1. The number of fused-ring (bicyclic) bond motifs is 3. The Morgan fingerprint density at radius 3 is 2.88 bits per heavy atom. The predicted molar refractivity (Wildman–Crippen MR) is 103 cm³/mol. The Morgan fingerprint density at radius 2 is 2.12 bits per heavy atom. The highest BCUT2D eigenvalue weighted by molar-refractivity contribution is 5.87. The lowest BCUT2D eigenvalue weighted by Crippen LogP contribution is -2.11. The summed E-state index contributed by atoms with van der Waals surface area (Å²) in [5.74, 6) is 2.15. The maximum atomic E-state index is 5.43. The van der Waals surface area contributed by atoms with Crippen LogP contribution in [0.3, 0.4) is 0 Å². The van der Waals surface area contributed by atoms with Crippen molar-refractivity contribution in [2.75, 3.05) is 13.7 Å². The molecule has 2 aromatic rings. The van der Waals surface area contributed by atoms with Gasteiger partial charge in [-0.3, -0.25) is 4.99 Å². The molecule has 0 amide bonds. The van der Waals surface area contributed by atoms with Crippen LogP contribution in [0.5, 0.6) is 5.75 Å². The third-order valence-corrected chi connectivity index (χ3v) is 5.64. The zero-order valence-corrected chi connectivity index (χ0v) is 15.5. The molecular weight excluding hydrogens is 296 g/mol. The van der Waals surface area contributed by atoms with E-state index < -0.39 is 0 Å². The van der Waals surface area contributed by atoms with Crippen molar-refractivity contribution in [2.45, 2.75) is 58.8 Å². The summed E-state index contributed by atoms with van der Waals surface area (Å²) in [6.45, 7) is 7.74. The maximum Gasteiger partial charge on any atom is 0.119 e. The normalized spacial score (nSPS) is 24.8. The zero-order chi connectivity index (χ0) is 17.1. The number of hydrogen-bond acceptors (Lipinski definition) is 2. The first kappa shape index (κ1) is 17.1. The van der Waals surface area contributed by atoms with E-state index >= 15 is 0 Å². The van der Waals surface area contributed by atoms with Crippen molar-refractivity contribution in [2.24, 2.45) is 10.9 Å². The standard InChI is InChI=1S/C21H30N2O/c1-5-16-8-6-7-14(2)21-18(11-12-22-15(16)3)19-13-17(24-4)9-10-20(19)23-21/h9-10,13-14,16,23H,5-8,11-12H2,1-4H3/b22-15-. The molecule has 3 heteroatoms. The number of nitrogens with one attached hydrogen (secondary N) is 1. The van der Waals surface area contributed by atoms with E-state index in [0.717, 1.165) is 18.7 Å². The molecule has 0 saturated carbocycles. The Morgan fingerprint density at radius 1 is 1.29 bits per heavy atom. The van der Waals surface area contributed by atoms with Crippen LogP contribution in [0.25, 0.3) is 10.9 Å². The van der Waals surface area contributed by atoms with Crippen molar-refractivity contribution < 1.29 is 4.74 Å². The van der Waals surface area contributed by atoms with E-state index in [-0.39, 0.29) is 0 Å². The van der Waals surface area contributed by atoms with E-state index in [0.29, 0.717) is 11.8 Å². The van der Waals surface area contributed by atoms with Gasteiger partial charge in [0.15, 0.2) is 0 Å². The van der Waals surface area contributed by atoms with Gasteiger partial charge in [-0.25, -0.2) is 0 Å². The number of H-pyrrole nitrogens is 1. The Bertz CT molecular complexity index is 729. The first-order chi connectivity index (χ1) is 11.6. The highest BCUT2D eigenvalue weighted by Crippen LogP contribution is 2.34. The van der Waals surface area contributed by atoms with Gasteiger partial charge < -0.3 is 9.72 Å². The minimum absolute atomic E-state index is 0.564. The second-order valence-electron chi connectivity index (χ2n) is 7.14. The monoisotopic (exact) mass is 326 g/mol. The number of methoxy groups -OCH3 is 1. The first-order valence-corrected chi connectivity index (χ1v) is 9.33. The van der Waals surface area contributed by atoms with Crippen molar-refractivity contribution in [3.05, 3.63) is 29.5 Å². The molecular formula is C21H30N2O. The molecule has 0 saturated heterocycles. The molecule has 0 fully saturated rings. The fourth-order valence-electron chi connectivity index (χ4n) is 4.06. The lowest BCUT2D eigenvalue weighted by atomic mass is 9.91. The largest absolute Gasteiger partial charge is 0.497 e. The summed E-state index contributed by atoms with van der Waals surface area (Å²) in [5, 5.41) is 1.30. The van der Waals surface area contributed by atoms with Crippen LogP contribution in [0, 0.1) is 5.92 Å². The molecule has 3 nitrogen and oxygen atoms in total. The third-order valence-electron chi connectivity index (χ3n) is 5.64. The molecule has 1 aliphatic heterocycles. The van der Waals surface area contributed by atoms with Gasteiger partial charge in [0, 0.05) is 28.9 Å². The van der Waals surface area contributed by atoms with Crippen molar-refractivity contribution in [3.63, 3.8) is 0 Å². The van der Waals surface area contributed by atoms with Gasteiger partial charge >= 0.3 is 0 Å². The quantitative estimate of drug-likeness (QED) is 0.778. The summed E-state index contributed by atoms with van der Waals surface area (Å²) in [6, 6.07) is 6.35. The lowest BCUT2D eigenvalue weighted by molar-refractivity contribution is 0.415. The minimum Gasteiger partial charge on any atom is -0.497 e. The Labute approximate surface area is 145 Å². The van der Waals surface area contributed by atoms with E-state index in [1.165, 1.54) is 53.6 Å². The van der Waals surface area contributed by atoms with Crippen LogP contribution in [-0.2, 0) is 6.42 Å². The smallest absolute Gasteiger partial charge is 0.119 e. The average Bonchev–Trinajstić information content (AvgIpc) is 2.95. The summed E-state index contributed by atoms with van der Waals surface area (Å²) >= 11 is 0. The fourth-order valence-corrected chi connectivity index (χ4v) is 4.06. The van der Waals surface area contributed by atoms with E-state index in [2.05, 4.69) is 37.9 Å². The molecule has 3 rings (SSSR count). The minimum atomic E-state index is 0.564. The van der Waals surface area contributed by atoms with Crippen LogP contribution < -0.4 is 4.74 Å². The summed E-state index contributed by atoms with van der Waals surface area (Å²) in [6.07, 6.45) is 5.97. The molecule has 0 bridgehead atoms. The zero-order valence-electron chi connectivity index (χ0n) is 15.5. The number of aromatic amines is 1. The van der Waals surface area contributed by atoms with Gasteiger partial charge in [0.2, 0.25) is 0 Å². The van der Waals surface area contributed by atoms with Crippen LogP contribution in [0.15, 0.2) is 23.2 Å². The van der Waals surface area contributed by atoms with E-state index in [4.69, 9.17) is 9.73 Å². The van der Waals surface area contributed by atoms with Crippen LogP contribution in [0.2, 0.25) is 0 Å². The van der Waals surface area contributed by atoms with Gasteiger partial charge in [-0.15, -0.1) is 0 Å². The number of aliphatic imine (C=N–C) groups is 1. The van der Waals surface area contributed by atoms with E-state index in [1.54, 1.807) is 7.11 Å². The molecule has 1 aromatic heterocycles. The summed E-state index contributed by atoms with van der Waals surface area (Å²) in [7, 11) is 1.73. The van der Waals surface area contributed by atoms with E-state index in [1.807, 2.05) is 6.07 Å². The first-order valence-electron chi connectivity index (χ1n) is 9.33. The third kappa shape index (κ3) is 3.35. The second-order valence-corrected chi connectivity index (χ2v) is 7.14. The van der Waals surface area contributed by atoms with Crippen LogP contribution in [-0.4, -0.2) is 24.4 Å². The van der Waals surface area contributed by atoms with Gasteiger partial charge in [0.1, 0.15) is 5.75 Å². The topological polar surface area (TPSA) is 37.4 Å². The predicted octanol–water partition coefficient (Wildman–Crippen LogP) is 5.49. The molecule has 1 aliphatic rings. The van der Waals surface area contributed by atoms with Crippen molar-refractivity contribution in [1.29, 1.82) is 0 Å². The van der Waals surface area contributed by atoms with Crippen LogP contribution in [0.4, 0.5) is 0 Å². The number of rotatable bonds is 2. The summed E-state index contributed by atoms with van der Waals surface area (Å²) in [5.41, 5.74) is 5.40. The van der Waals surface area contributed by atoms with Gasteiger partial charge in [0.25, 0.3) is 0 Å². The molecule has 2 unspecified atom stereocenters. The SMILES string of the molecule is CCC1CCCC(C)c2[nH]c3ccc(OC)cc3c2CC/N=C\1C. The lowest BCUT2D eigenvalue weighted by Gasteiger charge is -2.16. The maximum absolute atomic E-state index is 5.43. The molecule has 0 radical (unpaired) electrons. The molecule has 130 valence electrons. The Balaban J connectivity index is 2.01. The molecule has 0 spiro atoms. The van der Waals surface area contributed by atoms with Crippen LogP contribution >= 0.6 is 0 Å². The number of benzene rings is 1. The Kier molecular flexibility index (Phi) is 5.27. The molecule has 0 aliphatic carbocycles. The summed E-state index contributed by atoms with van der Waals surface area (Å²) < 4.78 is 5.43. The van der Waals surface area contributed by atoms with Gasteiger partial charge in [-0.2, -0.15) is 0 Å². The molecule has 24 heavy (non-hydrogen) atoms. The highest BCUT2D eigenvalue weighted by Gasteiger charge is 2.19. The highest BCUT2D eigenvalue weighted by atomic mass is 16.5. The van der Waals surface area contributed by atoms with Crippen molar-refractivity contribution in [3.8, 4) is 5.75 Å². The number of hydrogen-bond donors (Lipinski definition) is 1. The molecule has 2 atom stereocenters. The number of aromatic nitrogens is 1. The number of ether oxygens (including phenoxy) is 1. The second kappa shape index (κ2) is 7.42. The van der Waals surface area contributed by atoms with Crippen molar-refractivity contribution >= 4 is 16.6 Å². The molecule has 1 aromatic carbocycles. The average molecular weight is 326 g/mol. The van der Waals surface area contributed by atoms with Gasteiger partial charge in [-0.1, -0.05) is 20.3 Å². The molecule has 2 heterocycles. The van der Waals surface area contributed by atoms with E-state index in [9.17, 15) is 0 Å². The molecule has 1 N–H and O–H groups in total. The van der Waals surface area contributed by atoms with Crippen molar-refractivity contribution in [1.82, 2.24) is 4.98 Å². The van der Waals surface area contributed by atoms with Crippen LogP contribution in [0.1, 0.15) is 63.6 Å². The Hall–Kier alpha value is -1.77.